The molecule has 5 heteroatoms. The second-order valence-electron chi connectivity index (χ2n) is 4.40. The van der Waals surface area contributed by atoms with Crippen molar-refractivity contribution in [1.29, 1.82) is 0 Å². The van der Waals surface area contributed by atoms with Crippen LogP contribution in [0.1, 0.15) is 31.2 Å². The molecule has 4 nitrogen and oxygen atoms in total. The van der Waals surface area contributed by atoms with E-state index >= 15 is 0 Å². The molecule has 1 aliphatic rings. The summed E-state index contributed by atoms with van der Waals surface area (Å²) in [4.78, 5) is 4.23. The van der Waals surface area contributed by atoms with Crippen LogP contribution < -0.4 is 0 Å². The van der Waals surface area contributed by atoms with Gasteiger partial charge in [0.2, 0.25) is 0 Å². The molecule has 90 valence electrons. The molecular formula is C12H14ClN3O. The summed E-state index contributed by atoms with van der Waals surface area (Å²) in [7, 11) is 0. The highest BCUT2D eigenvalue weighted by molar-refractivity contribution is 6.34. The molecule has 0 radical (unpaired) electrons. The SMILES string of the molecule is Cc1cc2c(cnn2C2CCCCO2)c(Cl)n1. The van der Waals surface area contributed by atoms with E-state index in [1.165, 1.54) is 6.42 Å². The van der Waals surface area contributed by atoms with Gasteiger partial charge in [-0.25, -0.2) is 9.67 Å². The number of pyridine rings is 1. The van der Waals surface area contributed by atoms with Crippen LogP contribution in [0.2, 0.25) is 5.15 Å². The Morgan fingerprint density at radius 2 is 2.35 bits per heavy atom. The topological polar surface area (TPSA) is 39.9 Å². The first-order chi connectivity index (χ1) is 8.25. The minimum Gasteiger partial charge on any atom is -0.356 e. The average molecular weight is 252 g/mol. The van der Waals surface area contributed by atoms with Crippen molar-refractivity contribution in [3.63, 3.8) is 0 Å². The van der Waals surface area contributed by atoms with Gasteiger partial charge in [0.05, 0.1) is 17.1 Å². The van der Waals surface area contributed by atoms with E-state index in [-0.39, 0.29) is 6.23 Å². The molecule has 3 rings (SSSR count). The normalized spacial score (nSPS) is 20.9. The van der Waals surface area contributed by atoms with Gasteiger partial charge in [0.1, 0.15) is 5.15 Å². The van der Waals surface area contributed by atoms with Gasteiger partial charge in [-0.1, -0.05) is 11.6 Å². The van der Waals surface area contributed by atoms with Gasteiger partial charge in [-0.3, -0.25) is 0 Å². The van der Waals surface area contributed by atoms with Gasteiger partial charge >= 0.3 is 0 Å². The third kappa shape index (κ3) is 1.91. The van der Waals surface area contributed by atoms with Crippen LogP contribution in [-0.2, 0) is 4.74 Å². The monoisotopic (exact) mass is 251 g/mol. The molecule has 0 spiro atoms. The fraction of sp³-hybridized carbons (Fsp3) is 0.500. The number of hydrogen-bond acceptors (Lipinski definition) is 3. The lowest BCUT2D eigenvalue weighted by atomic mass is 10.2. The smallest absolute Gasteiger partial charge is 0.150 e. The second kappa shape index (κ2) is 4.27. The summed E-state index contributed by atoms with van der Waals surface area (Å²) in [5.41, 5.74) is 1.91. The zero-order chi connectivity index (χ0) is 11.8. The average Bonchev–Trinajstić information content (AvgIpc) is 2.74. The number of ether oxygens (including phenoxy) is 1. The Kier molecular flexibility index (Phi) is 2.76. The van der Waals surface area contributed by atoms with Gasteiger partial charge in [0, 0.05) is 12.3 Å². The minimum absolute atomic E-state index is 0.0408. The second-order valence-corrected chi connectivity index (χ2v) is 4.76. The summed E-state index contributed by atoms with van der Waals surface area (Å²) in [6, 6.07) is 2.01. The molecule has 1 saturated heterocycles. The number of fused-ring (bicyclic) bond motifs is 1. The van der Waals surface area contributed by atoms with E-state index in [0.29, 0.717) is 5.15 Å². The van der Waals surface area contributed by atoms with Gasteiger partial charge in [0.25, 0.3) is 0 Å². The standard InChI is InChI=1S/C12H14ClN3O/c1-8-6-10-9(12(13)15-8)7-14-16(10)11-4-2-3-5-17-11/h6-7,11H,2-5H2,1H3. The van der Waals surface area contributed by atoms with E-state index in [1.807, 2.05) is 17.7 Å². The lowest BCUT2D eigenvalue weighted by molar-refractivity contribution is -0.0366. The van der Waals surface area contributed by atoms with E-state index < -0.39 is 0 Å². The summed E-state index contributed by atoms with van der Waals surface area (Å²) in [5, 5.41) is 5.80. The maximum atomic E-state index is 6.11. The first-order valence-corrected chi connectivity index (χ1v) is 6.25. The Balaban J connectivity index is 2.10. The highest BCUT2D eigenvalue weighted by atomic mass is 35.5. The number of hydrogen-bond donors (Lipinski definition) is 0. The van der Waals surface area contributed by atoms with Gasteiger partial charge in [-0.15, -0.1) is 0 Å². The van der Waals surface area contributed by atoms with Crippen LogP contribution in [-0.4, -0.2) is 21.4 Å². The van der Waals surface area contributed by atoms with Crippen molar-refractivity contribution in [1.82, 2.24) is 14.8 Å². The zero-order valence-corrected chi connectivity index (χ0v) is 10.4. The molecule has 0 amide bonds. The zero-order valence-electron chi connectivity index (χ0n) is 9.69. The van der Waals surface area contributed by atoms with Crippen molar-refractivity contribution >= 4 is 22.5 Å². The Morgan fingerprint density at radius 3 is 3.12 bits per heavy atom. The maximum absolute atomic E-state index is 6.11. The van der Waals surface area contributed by atoms with E-state index in [9.17, 15) is 0 Å². The lowest BCUT2D eigenvalue weighted by Gasteiger charge is -2.23. The Hall–Kier alpha value is -1.13. The number of nitrogens with zero attached hydrogens (tertiary/aromatic N) is 3. The third-order valence-electron chi connectivity index (χ3n) is 3.10. The molecule has 0 saturated carbocycles. The summed E-state index contributed by atoms with van der Waals surface area (Å²) < 4.78 is 7.67. The van der Waals surface area contributed by atoms with Gasteiger partial charge in [-0.2, -0.15) is 5.10 Å². The molecule has 1 atom stereocenters. The van der Waals surface area contributed by atoms with E-state index in [0.717, 1.165) is 36.0 Å². The molecule has 3 heterocycles. The molecule has 1 aliphatic heterocycles. The molecular weight excluding hydrogens is 238 g/mol. The van der Waals surface area contributed by atoms with E-state index in [2.05, 4.69) is 10.1 Å². The van der Waals surface area contributed by atoms with Crippen LogP contribution in [0.5, 0.6) is 0 Å². The van der Waals surface area contributed by atoms with E-state index in [1.54, 1.807) is 6.20 Å². The van der Waals surface area contributed by atoms with E-state index in [4.69, 9.17) is 16.3 Å². The highest BCUT2D eigenvalue weighted by Gasteiger charge is 2.19. The van der Waals surface area contributed by atoms with Crippen molar-refractivity contribution in [3.05, 3.63) is 23.1 Å². The summed E-state index contributed by atoms with van der Waals surface area (Å²) >= 11 is 6.11. The first kappa shape index (κ1) is 11.0. The van der Waals surface area contributed by atoms with Crippen molar-refractivity contribution in [2.45, 2.75) is 32.4 Å². The fourth-order valence-corrected chi connectivity index (χ4v) is 2.54. The van der Waals surface area contributed by atoms with Crippen LogP contribution in [0, 0.1) is 6.92 Å². The van der Waals surface area contributed by atoms with Crippen LogP contribution in [0.25, 0.3) is 10.9 Å². The van der Waals surface area contributed by atoms with Crippen molar-refractivity contribution in [2.75, 3.05) is 6.61 Å². The van der Waals surface area contributed by atoms with Crippen molar-refractivity contribution < 1.29 is 4.74 Å². The summed E-state index contributed by atoms with van der Waals surface area (Å²) in [6.45, 7) is 2.74. The predicted molar refractivity (Wildman–Crippen MR) is 66.1 cm³/mol. The largest absolute Gasteiger partial charge is 0.356 e. The van der Waals surface area contributed by atoms with Crippen LogP contribution in [0.3, 0.4) is 0 Å². The molecule has 2 aromatic heterocycles. The molecule has 0 aliphatic carbocycles. The van der Waals surface area contributed by atoms with Crippen molar-refractivity contribution in [2.24, 2.45) is 0 Å². The predicted octanol–water partition coefficient (Wildman–Crippen LogP) is 3.09. The fourth-order valence-electron chi connectivity index (χ4n) is 2.27. The van der Waals surface area contributed by atoms with Crippen molar-refractivity contribution in [3.8, 4) is 0 Å². The third-order valence-corrected chi connectivity index (χ3v) is 3.39. The highest BCUT2D eigenvalue weighted by Crippen LogP contribution is 2.28. The lowest BCUT2D eigenvalue weighted by Crippen LogP contribution is -2.19. The molecule has 0 aromatic carbocycles. The molecule has 1 unspecified atom stereocenters. The molecule has 17 heavy (non-hydrogen) atoms. The Labute approximate surface area is 105 Å². The van der Waals surface area contributed by atoms with Crippen LogP contribution in [0.15, 0.2) is 12.3 Å². The number of halogens is 1. The molecule has 0 bridgehead atoms. The minimum atomic E-state index is 0.0408. The number of rotatable bonds is 1. The number of aryl methyl sites for hydroxylation is 1. The van der Waals surface area contributed by atoms with Crippen LogP contribution in [0.4, 0.5) is 0 Å². The molecule has 2 aromatic rings. The van der Waals surface area contributed by atoms with Gasteiger partial charge in [-0.05, 0) is 32.3 Å². The quantitative estimate of drug-likeness (QED) is 0.732. The maximum Gasteiger partial charge on any atom is 0.150 e. The Morgan fingerprint density at radius 1 is 1.47 bits per heavy atom. The van der Waals surface area contributed by atoms with Gasteiger partial charge < -0.3 is 4.74 Å². The first-order valence-electron chi connectivity index (χ1n) is 5.87. The Bertz CT molecular complexity index is 546. The number of aromatic nitrogens is 3. The van der Waals surface area contributed by atoms with Crippen LogP contribution >= 0.6 is 11.6 Å². The molecule has 0 N–H and O–H groups in total. The molecule has 1 fully saturated rings. The van der Waals surface area contributed by atoms with Gasteiger partial charge in [0.15, 0.2) is 6.23 Å². The summed E-state index contributed by atoms with van der Waals surface area (Å²) in [5.74, 6) is 0. The summed E-state index contributed by atoms with van der Waals surface area (Å²) in [6.07, 6.45) is 5.14.